The van der Waals surface area contributed by atoms with Gasteiger partial charge in [0, 0.05) is 12.0 Å². The van der Waals surface area contributed by atoms with Crippen LogP contribution in [-0.4, -0.2) is 27.5 Å². The van der Waals surface area contributed by atoms with E-state index in [-0.39, 0.29) is 10.8 Å². The summed E-state index contributed by atoms with van der Waals surface area (Å²) in [6, 6.07) is 4.28. The molecule has 0 aromatic heterocycles. The number of hydrogen-bond acceptors (Lipinski definition) is 5. The maximum Gasteiger partial charge on any atom is 0.264 e. The number of nitrogens with one attached hydrogen (secondary N) is 1. The van der Waals surface area contributed by atoms with Gasteiger partial charge >= 0.3 is 0 Å². The molecule has 0 fully saturated rings. The van der Waals surface area contributed by atoms with E-state index in [1.165, 1.54) is 18.2 Å². The van der Waals surface area contributed by atoms with Gasteiger partial charge in [0.1, 0.15) is 0 Å². The zero-order valence-electron chi connectivity index (χ0n) is 13.4. The van der Waals surface area contributed by atoms with Crippen molar-refractivity contribution in [2.75, 3.05) is 13.2 Å². The van der Waals surface area contributed by atoms with Crippen LogP contribution in [0.5, 0.6) is 11.5 Å². The highest BCUT2D eigenvalue weighted by molar-refractivity contribution is 7.90. The summed E-state index contributed by atoms with van der Waals surface area (Å²) in [5.41, 5.74) is 0. The van der Waals surface area contributed by atoms with E-state index in [0.717, 1.165) is 0 Å². The zero-order chi connectivity index (χ0) is 16.8. The lowest BCUT2D eigenvalue weighted by molar-refractivity contribution is -0.122. The molecule has 0 spiro atoms. The summed E-state index contributed by atoms with van der Waals surface area (Å²) in [5, 5.41) is 0. The Balaban J connectivity index is 3.09. The van der Waals surface area contributed by atoms with Gasteiger partial charge in [-0.15, -0.1) is 0 Å². The highest BCUT2D eigenvalue weighted by Gasteiger charge is 2.22. The van der Waals surface area contributed by atoms with Gasteiger partial charge in [0.15, 0.2) is 11.5 Å². The second-order valence-corrected chi connectivity index (χ2v) is 6.44. The molecule has 1 aromatic rings. The van der Waals surface area contributed by atoms with Gasteiger partial charge in [0.2, 0.25) is 5.91 Å². The first-order valence-electron chi connectivity index (χ1n) is 7.31. The first-order valence-corrected chi connectivity index (χ1v) is 8.80. The Morgan fingerprint density at radius 2 is 1.73 bits per heavy atom. The van der Waals surface area contributed by atoms with E-state index >= 15 is 0 Å². The molecule has 124 valence electrons. The van der Waals surface area contributed by atoms with E-state index in [0.29, 0.717) is 31.1 Å². The number of rotatable bonds is 8. The van der Waals surface area contributed by atoms with Crippen LogP contribution < -0.4 is 14.2 Å². The third kappa shape index (κ3) is 4.62. The molecular formula is C15H23NO5S. The quantitative estimate of drug-likeness (QED) is 0.791. The van der Waals surface area contributed by atoms with Gasteiger partial charge in [0.05, 0.1) is 18.1 Å². The number of benzene rings is 1. The molecule has 0 unspecified atom stereocenters. The zero-order valence-corrected chi connectivity index (χ0v) is 14.2. The highest BCUT2D eigenvalue weighted by atomic mass is 32.2. The Hall–Kier alpha value is -1.76. The van der Waals surface area contributed by atoms with Gasteiger partial charge in [0.25, 0.3) is 10.0 Å². The van der Waals surface area contributed by atoms with Gasteiger partial charge in [-0.1, -0.05) is 13.8 Å². The van der Waals surface area contributed by atoms with Crippen molar-refractivity contribution >= 4 is 15.9 Å². The predicted octanol–water partition coefficient (Wildman–Crippen LogP) is 2.33. The number of carbonyl (C=O) groups excluding carboxylic acids is 1. The van der Waals surface area contributed by atoms with Crippen molar-refractivity contribution in [1.82, 2.24) is 4.72 Å². The summed E-state index contributed by atoms with van der Waals surface area (Å²) in [6.45, 7) is 7.93. The smallest absolute Gasteiger partial charge is 0.264 e. The van der Waals surface area contributed by atoms with E-state index < -0.39 is 15.9 Å². The predicted molar refractivity (Wildman–Crippen MR) is 83.6 cm³/mol. The van der Waals surface area contributed by atoms with Gasteiger partial charge in [-0.05, 0) is 32.4 Å². The maximum absolute atomic E-state index is 12.3. The van der Waals surface area contributed by atoms with Crippen LogP contribution >= 0.6 is 0 Å². The molecule has 1 amide bonds. The molecule has 0 aliphatic heterocycles. The van der Waals surface area contributed by atoms with Crippen LogP contribution in [0, 0.1) is 5.92 Å². The van der Waals surface area contributed by atoms with Crippen molar-refractivity contribution in [3.8, 4) is 11.5 Å². The van der Waals surface area contributed by atoms with Crippen LogP contribution in [-0.2, 0) is 14.8 Å². The Morgan fingerprint density at radius 1 is 1.14 bits per heavy atom. The normalized spacial score (nSPS) is 12.5. The van der Waals surface area contributed by atoms with Crippen LogP contribution in [0.1, 0.15) is 34.1 Å². The van der Waals surface area contributed by atoms with Gasteiger partial charge in [-0.3, -0.25) is 4.79 Å². The minimum Gasteiger partial charge on any atom is -0.490 e. The SMILES string of the molecule is CCOc1ccc(S(=O)(=O)NC(=O)[C@H](C)CC)cc1OCC. The van der Waals surface area contributed by atoms with Crippen molar-refractivity contribution in [3.63, 3.8) is 0 Å². The van der Waals surface area contributed by atoms with Crippen LogP contribution in [0.15, 0.2) is 23.1 Å². The van der Waals surface area contributed by atoms with Crippen LogP contribution in [0.2, 0.25) is 0 Å². The van der Waals surface area contributed by atoms with E-state index in [1.54, 1.807) is 13.8 Å². The lowest BCUT2D eigenvalue weighted by Crippen LogP contribution is -2.34. The number of amides is 1. The van der Waals surface area contributed by atoms with E-state index in [2.05, 4.69) is 4.72 Å². The molecular weight excluding hydrogens is 306 g/mol. The monoisotopic (exact) mass is 329 g/mol. The van der Waals surface area contributed by atoms with Crippen LogP contribution in [0.3, 0.4) is 0 Å². The molecule has 1 aromatic carbocycles. The molecule has 0 aliphatic rings. The largest absolute Gasteiger partial charge is 0.490 e. The Morgan fingerprint density at radius 3 is 2.27 bits per heavy atom. The van der Waals surface area contributed by atoms with Crippen molar-refractivity contribution in [2.45, 2.75) is 39.0 Å². The first kappa shape index (κ1) is 18.3. The minimum absolute atomic E-state index is 0.0314. The first-order chi connectivity index (χ1) is 10.4. The summed E-state index contributed by atoms with van der Waals surface area (Å²) in [5.74, 6) is -0.0852. The molecule has 1 atom stereocenters. The standard InChI is InChI=1S/C15H23NO5S/c1-5-11(4)15(17)16-22(18,19)12-8-9-13(20-6-2)14(10-12)21-7-3/h8-11H,5-7H2,1-4H3,(H,16,17)/t11-/m1/s1. The Kier molecular flexibility index (Phi) is 6.67. The molecule has 0 saturated carbocycles. The average molecular weight is 329 g/mol. The third-order valence-electron chi connectivity index (χ3n) is 3.12. The van der Waals surface area contributed by atoms with Crippen LogP contribution in [0.25, 0.3) is 0 Å². The van der Waals surface area contributed by atoms with Crippen molar-refractivity contribution in [1.29, 1.82) is 0 Å². The summed E-state index contributed by atoms with van der Waals surface area (Å²) in [6.07, 6.45) is 0.564. The van der Waals surface area contributed by atoms with Gasteiger partial charge < -0.3 is 9.47 Å². The van der Waals surface area contributed by atoms with E-state index in [9.17, 15) is 13.2 Å². The molecule has 6 nitrogen and oxygen atoms in total. The molecule has 1 N–H and O–H groups in total. The Labute approximate surface area is 131 Å². The third-order valence-corrected chi connectivity index (χ3v) is 4.46. The molecule has 0 saturated heterocycles. The van der Waals surface area contributed by atoms with E-state index in [1.807, 2.05) is 13.8 Å². The molecule has 22 heavy (non-hydrogen) atoms. The lowest BCUT2D eigenvalue weighted by atomic mass is 10.1. The summed E-state index contributed by atoms with van der Waals surface area (Å²) in [7, 11) is -3.92. The van der Waals surface area contributed by atoms with Crippen molar-refractivity contribution in [3.05, 3.63) is 18.2 Å². The van der Waals surface area contributed by atoms with Crippen molar-refractivity contribution in [2.24, 2.45) is 5.92 Å². The number of sulfonamides is 1. The average Bonchev–Trinajstić information content (AvgIpc) is 2.48. The van der Waals surface area contributed by atoms with Gasteiger partial charge in [-0.2, -0.15) is 0 Å². The second-order valence-electron chi connectivity index (χ2n) is 4.75. The Bertz CT molecular complexity index is 612. The molecule has 7 heteroatoms. The molecule has 0 aliphatic carbocycles. The van der Waals surface area contributed by atoms with Gasteiger partial charge in [-0.25, -0.2) is 13.1 Å². The fourth-order valence-electron chi connectivity index (χ4n) is 1.68. The fourth-order valence-corrected chi connectivity index (χ4v) is 2.77. The molecule has 0 radical (unpaired) electrons. The number of ether oxygens (including phenoxy) is 2. The minimum atomic E-state index is -3.92. The van der Waals surface area contributed by atoms with E-state index in [4.69, 9.17) is 9.47 Å². The van der Waals surface area contributed by atoms with Crippen molar-refractivity contribution < 1.29 is 22.7 Å². The molecule has 1 rings (SSSR count). The summed E-state index contributed by atoms with van der Waals surface area (Å²) in [4.78, 5) is 11.8. The lowest BCUT2D eigenvalue weighted by Gasteiger charge is -2.14. The molecule has 0 bridgehead atoms. The fraction of sp³-hybridized carbons (Fsp3) is 0.533. The maximum atomic E-state index is 12.3. The number of hydrogen-bond donors (Lipinski definition) is 1. The highest BCUT2D eigenvalue weighted by Crippen LogP contribution is 2.30. The van der Waals surface area contributed by atoms with Crippen LogP contribution in [0.4, 0.5) is 0 Å². The summed E-state index contributed by atoms with van der Waals surface area (Å²) < 4.78 is 37.4. The molecule has 0 heterocycles. The topological polar surface area (TPSA) is 81.7 Å². The number of carbonyl (C=O) groups is 1. The second kappa shape index (κ2) is 8.03. The summed E-state index contributed by atoms with van der Waals surface area (Å²) >= 11 is 0.